The van der Waals surface area contributed by atoms with Crippen LogP contribution in [0.15, 0.2) is 11.1 Å². The van der Waals surface area contributed by atoms with Crippen LogP contribution < -0.4 is 0 Å². The molecule has 0 aromatic carbocycles. The fourth-order valence-electron chi connectivity index (χ4n) is 1.43. The Balaban J connectivity index is 2.85. The Kier molecular flexibility index (Phi) is 2.12. The Morgan fingerprint density at radius 2 is 1.58 bits per heavy atom. The zero-order valence-corrected chi connectivity index (χ0v) is 8.99. The molecule has 0 N–H and O–H groups in total. The fraction of sp³-hybridized carbons (Fsp3) is 0.727. The summed E-state index contributed by atoms with van der Waals surface area (Å²) >= 11 is 0. The maximum atomic E-state index is 5.50. The Morgan fingerprint density at radius 3 is 1.83 bits per heavy atom. The third kappa shape index (κ3) is 1.31. The molecule has 0 atom stereocenters. The molecule has 1 nitrogen and oxygen atoms in total. The summed E-state index contributed by atoms with van der Waals surface area (Å²) in [5.74, 6) is 0. The van der Waals surface area contributed by atoms with Crippen LogP contribution in [-0.4, -0.2) is 12.7 Å². The van der Waals surface area contributed by atoms with E-state index in [2.05, 4.69) is 41.0 Å². The maximum Gasteiger partial charge on any atom is 0.0710 e. The number of allylic oxidation sites excluding steroid dienone is 1. The Bertz CT molecular complexity index is 221. The molecule has 1 aliphatic carbocycles. The second-order valence-electron chi connectivity index (χ2n) is 4.58. The van der Waals surface area contributed by atoms with Crippen LogP contribution in [-0.2, 0) is 4.74 Å². The first kappa shape index (κ1) is 9.79. The lowest BCUT2D eigenvalue weighted by Crippen LogP contribution is -2.40. The zero-order chi connectivity index (χ0) is 9.57. The molecule has 0 spiro atoms. The van der Waals surface area contributed by atoms with Crippen LogP contribution >= 0.6 is 0 Å². The molecular formula is C11H19O. The highest BCUT2D eigenvalue weighted by Crippen LogP contribution is 2.50. The molecule has 0 fully saturated rings. The highest BCUT2D eigenvalue weighted by atomic mass is 16.5. The van der Waals surface area contributed by atoms with E-state index in [1.807, 2.05) is 0 Å². The zero-order valence-electron chi connectivity index (χ0n) is 8.99. The molecule has 0 aliphatic heterocycles. The van der Waals surface area contributed by atoms with E-state index in [1.165, 1.54) is 11.1 Å². The summed E-state index contributed by atoms with van der Waals surface area (Å²) in [5, 5.41) is 0. The van der Waals surface area contributed by atoms with Crippen LogP contribution in [0.1, 0.15) is 34.6 Å². The van der Waals surface area contributed by atoms with E-state index < -0.39 is 0 Å². The van der Waals surface area contributed by atoms with E-state index >= 15 is 0 Å². The largest absolute Gasteiger partial charge is 0.378 e. The first-order valence-corrected chi connectivity index (χ1v) is 4.44. The summed E-state index contributed by atoms with van der Waals surface area (Å²) < 4.78 is 5.50. The SMILES string of the molecule is COC(C)(C)C(C)(C)C1=C(C)[CH]1. The van der Waals surface area contributed by atoms with Crippen LogP contribution in [0.3, 0.4) is 0 Å². The minimum atomic E-state index is -0.0867. The molecule has 0 aromatic heterocycles. The van der Waals surface area contributed by atoms with Gasteiger partial charge in [-0.1, -0.05) is 25.0 Å². The molecule has 1 heteroatoms. The van der Waals surface area contributed by atoms with Crippen molar-refractivity contribution in [2.24, 2.45) is 5.41 Å². The molecule has 0 saturated heterocycles. The van der Waals surface area contributed by atoms with Crippen molar-refractivity contribution in [3.05, 3.63) is 17.6 Å². The molecule has 69 valence electrons. The second kappa shape index (κ2) is 2.59. The first-order chi connectivity index (χ1) is 5.33. The van der Waals surface area contributed by atoms with Crippen LogP contribution in [0.25, 0.3) is 0 Å². The predicted molar refractivity (Wildman–Crippen MR) is 51.9 cm³/mol. The van der Waals surface area contributed by atoms with Gasteiger partial charge in [-0.05, 0) is 20.8 Å². The van der Waals surface area contributed by atoms with Crippen LogP contribution in [0.4, 0.5) is 0 Å². The van der Waals surface area contributed by atoms with Gasteiger partial charge in [-0.25, -0.2) is 0 Å². The summed E-state index contributed by atoms with van der Waals surface area (Å²) in [6.45, 7) is 10.9. The quantitative estimate of drug-likeness (QED) is 0.628. The topological polar surface area (TPSA) is 9.23 Å². The molecule has 0 aromatic rings. The van der Waals surface area contributed by atoms with Gasteiger partial charge in [0.25, 0.3) is 0 Å². The van der Waals surface area contributed by atoms with E-state index in [-0.39, 0.29) is 11.0 Å². The number of ether oxygens (including phenoxy) is 1. The minimum absolute atomic E-state index is 0.0867. The van der Waals surface area contributed by atoms with Crippen molar-refractivity contribution >= 4 is 0 Å². The van der Waals surface area contributed by atoms with Crippen molar-refractivity contribution in [3.63, 3.8) is 0 Å². The van der Waals surface area contributed by atoms with Gasteiger partial charge < -0.3 is 4.74 Å². The summed E-state index contributed by atoms with van der Waals surface area (Å²) in [5.41, 5.74) is 2.92. The van der Waals surface area contributed by atoms with Gasteiger partial charge in [0.15, 0.2) is 0 Å². The number of hydrogen-bond acceptors (Lipinski definition) is 1. The highest BCUT2D eigenvalue weighted by Gasteiger charge is 2.44. The Morgan fingerprint density at radius 1 is 1.17 bits per heavy atom. The molecule has 0 saturated carbocycles. The minimum Gasteiger partial charge on any atom is -0.378 e. The van der Waals surface area contributed by atoms with Crippen molar-refractivity contribution in [1.82, 2.24) is 0 Å². The number of methoxy groups -OCH3 is 1. The van der Waals surface area contributed by atoms with Gasteiger partial charge in [-0.3, -0.25) is 0 Å². The summed E-state index contributed by atoms with van der Waals surface area (Å²) in [6, 6.07) is 0. The Hall–Kier alpha value is -0.300. The van der Waals surface area contributed by atoms with Crippen molar-refractivity contribution < 1.29 is 4.74 Å². The molecular weight excluding hydrogens is 148 g/mol. The van der Waals surface area contributed by atoms with Gasteiger partial charge in [0, 0.05) is 18.9 Å². The number of hydrogen-bond donors (Lipinski definition) is 0. The maximum absolute atomic E-state index is 5.50. The van der Waals surface area contributed by atoms with Crippen LogP contribution in [0.5, 0.6) is 0 Å². The van der Waals surface area contributed by atoms with Crippen molar-refractivity contribution in [2.45, 2.75) is 40.2 Å². The molecule has 0 bridgehead atoms. The molecule has 1 radical (unpaired) electrons. The third-order valence-corrected chi connectivity index (χ3v) is 3.39. The van der Waals surface area contributed by atoms with Crippen molar-refractivity contribution in [2.75, 3.05) is 7.11 Å². The molecule has 1 aliphatic rings. The van der Waals surface area contributed by atoms with E-state index in [1.54, 1.807) is 7.11 Å². The van der Waals surface area contributed by atoms with Crippen LogP contribution in [0, 0.1) is 11.8 Å². The molecule has 0 heterocycles. The van der Waals surface area contributed by atoms with Gasteiger partial charge in [0.1, 0.15) is 0 Å². The van der Waals surface area contributed by atoms with Gasteiger partial charge in [-0.15, -0.1) is 0 Å². The molecule has 12 heavy (non-hydrogen) atoms. The first-order valence-electron chi connectivity index (χ1n) is 4.44. The molecule has 0 amide bonds. The van der Waals surface area contributed by atoms with Crippen molar-refractivity contribution in [1.29, 1.82) is 0 Å². The standard InChI is InChI=1S/C11H19O/c1-8-7-9(8)10(2,3)11(4,5)12-6/h7H,1-6H3. The lowest BCUT2D eigenvalue weighted by Gasteiger charge is -2.39. The van der Waals surface area contributed by atoms with E-state index in [0.717, 1.165) is 0 Å². The van der Waals surface area contributed by atoms with Gasteiger partial charge in [0.05, 0.1) is 5.60 Å². The summed E-state index contributed by atoms with van der Waals surface area (Å²) in [7, 11) is 1.78. The van der Waals surface area contributed by atoms with Gasteiger partial charge >= 0.3 is 0 Å². The normalized spacial score (nSPS) is 18.5. The van der Waals surface area contributed by atoms with Gasteiger partial charge in [-0.2, -0.15) is 0 Å². The monoisotopic (exact) mass is 167 g/mol. The molecule has 1 rings (SSSR count). The number of rotatable bonds is 3. The highest BCUT2D eigenvalue weighted by molar-refractivity contribution is 5.53. The second-order valence-corrected chi connectivity index (χ2v) is 4.58. The lowest BCUT2D eigenvalue weighted by molar-refractivity contribution is -0.0510. The van der Waals surface area contributed by atoms with Gasteiger partial charge in [0.2, 0.25) is 0 Å². The fourth-order valence-corrected chi connectivity index (χ4v) is 1.43. The summed E-state index contributed by atoms with van der Waals surface area (Å²) in [4.78, 5) is 0. The van der Waals surface area contributed by atoms with E-state index in [9.17, 15) is 0 Å². The average Bonchev–Trinajstić information content (AvgIpc) is 2.67. The average molecular weight is 167 g/mol. The Labute approximate surface area is 75.8 Å². The third-order valence-electron chi connectivity index (χ3n) is 3.39. The van der Waals surface area contributed by atoms with Crippen LogP contribution in [0.2, 0.25) is 0 Å². The molecule has 0 unspecified atom stereocenters. The van der Waals surface area contributed by atoms with E-state index in [4.69, 9.17) is 4.74 Å². The van der Waals surface area contributed by atoms with Crippen molar-refractivity contribution in [3.8, 4) is 0 Å². The summed E-state index contributed by atoms with van der Waals surface area (Å²) in [6.07, 6.45) is 2.24. The lowest BCUT2D eigenvalue weighted by atomic mass is 9.74. The smallest absolute Gasteiger partial charge is 0.0710 e. The predicted octanol–water partition coefficient (Wildman–Crippen LogP) is 2.97. The van der Waals surface area contributed by atoms with E-state index in [0.29, 0.717) is 0 Å².